The molecule has 0 aromatic rings. The predicted molar refractivity (Wildman–Crippen MR) is 115 cm³/mol. The number of likely N-dealkylation sites (tertiary alicyclic amines) is 1. The third-order valence-electron chi connectivity index (χ3n) is 7.05. The molecule has 6 atom stereocenters. The Labute approximate surface area is 183 Å². The fourth-order valence-electron chi connectivity index (χ4n) is 5.57. The molecule has 178 valence electrons. The lowest BCUT2D eigenvalue weighted by atomic mass is 9.92. The van der Waals surface area contributed by atoms with E-state index in [-0.39, 0.29) is 48.9 Å². The molecule has 4 rings (SSSR count). The molecule has 0 radical (unpaired) electrons. The van der Waals surface area contributed by atoms with Crippen LogP contribution in [-0.2, 0) is 14.6 Å². The lowest BCUT2D eigenvalue weighted by Crippen LogP contribution is -2.63. The third kappa shape index (κ3) is 5.55. The highest BCUT2D eigenvalue weighted by Crippen LogP contribution is 2.25. The van der Waals surface area contributed by atoms with Crippen molar-refractivity contribution in [3.05, 3.63) is 0 Å². The number of halogens is 1. The van der Waals surface area contributed by atoms with Crippen LogP contribution >= 0.6 is 0 Å². The summed E-state index contributed by atoms with van der Waals surface area (Å²) in [6, 6.07) is 0.159. The van der Waals surface area contributed by atoms with Gasteiger partial charge in [0.05, 0.1) is 30.0 Å². The number of rotatable bonds is 5. The first-order chi connectivity index (χ1) is 14.7. The van der Waals surface area contributed by atoms with Crippen LogP contribution in [0, 0.1) is 11.8 Å². The molecule has 4 saturated heterocycles. The first-order valence-corrected chi connectivity index (χ1v) is 13.4. The summed E-state index contributed by atoms with van der Waals surface area (Å²) in [5.74, 6) is -0.158. The van der Waals surface area contributed by atoms with Crippen molar-refractivity contribution in [2.75, 3.05) is 51.3 Å². The van der Waals surface area contributed by atoms with Gasteiger partial charge in [-0.3, -0.25) is 15.0 Å². The molecule has 1 amide bonds. The van der Waals surface area contributed by atoms with Crippen molar-refractivity contribution in [2.45, 2.75) is 49.8 Å². The standard InChI is InChI=1S/C19H36FN7O3S/c1-31(29,30)11-12-3-6-26(7-4-12)15-2-5-22-9-14(15)24-19(28)16-17(21)25-27-10-13(20)8-23-18(16)27/h12-18,22-23,25H,2-11,21H2,1H3,(H,24,28). The molecule has 6 unspecified atom stereocenters. The zero-order valence-corrected chi connectivity index (χ0v) is 18.9. The molecule has 10 nitrogen and oxygen atoms in total. The summed E-state index contributed by atoms with van der Waals surface area (Å²) in [6.45, 7) is 3.69. The minimum atomic E-state index is -2.96. The number of fused-ring (bicyclic) bond motifs is 1. The summed E-state index contributed by atoms with van der Waals surface area (Å²) in [5, 5.41) is 11.4. The number of nitrogens with zero attached hydrogens (tertiary/aromatic N) is 2. The Bertz CT molecular complexity index is 749. The number of carbonyl (C=O) groups excluding carboxylic acids is 1. The Balaban J connectivity index is 1.35. The number of nitrogens with one attached hydrogen (secondary N) is 4. The van der Waals surface area contributed by atoms with Crippen LogP contribution in [0.2, 0.25) is 0 Å². The second-order valence-electron chi connectivity index (χ2n) is 9.53. The molecule has 0 saturated carbocycles. The molecule has 0 aromatic carbocycles. The minimum absolute atomic E-state index is 0.0496. The highest BCUT2D eigenvalue weighted by atomic mass is 32.2. The molecule has 4 heterocycles. The van der Waals surface area contributed by atoms with E-state index in [9.17, 15) is 17.6 Å². The van der Waals surface area contributed by atoms with E-state index in [2.05, 4.69) is 26.3 Å². The van der Waals surface area contributed by atoms with Gasteiger partial charge in [-0.1, -0.05) is 0 Å². The van der Waals surface area contributed by atoms with Crippen LogP contribution in [0.3, 0.4) is 0 Å². The quantitative estimate of drug-likeness (QED) is 0.303. The molecule has 0 aliphatic carbocycles. The largest absolute Gasteiger partial charge is 0.350 e. The topological polar surface area (TPSA) is 132 Å². The normalized spacial score (nSPS) is 38.7. The Hall–Kier alpha value is -0.890. The van der Waals surface area contributed by atoms with Crippen molar-refractivity contribution < 1.29 is 17.6 Å². The molecule has 12 heteroatoms. The van der Waals surface area contributed by atoms with Gasteiger partial charge in [-0.05, 0) is 44.8 Å². The van der Waals surface area contributed by atoms with Crippen LogP contribution in [0.15, 0.2) is 0 Å². The number of amides is 1. The van der Waals surface area contributed by atoms with Gasteiger partial charge in [0.15, 0.2) is 0 Å². The van der Waals surface area contributed by atoms with Gasteiger partial charge >= 0.3 is 0 Å². The summed E-state index contributed by atoms with van der Waals surface area (Å²) in [4.78, 5) is 15.6. The van der Waals surface area contributed by atoms with Gasteiger partial charge in [-0.15, -0.1) is 0 Å². The van der Waals surface area contributed by atoms with Gasteiger partial charge in [0.2, 0.25) is 5.91 Å². The van der Waals surface area contributed by atoms with Crippen molar-refractivity contribution in [3.63, 3.8) is 0 Å². The monoisotopic (exact) mass is 461 g/mol. The average molecular weight is 462 g/mol. The highest BCUT2D eigenvalue weighted by Gasteiger charge is 2.47. The van der Waals surface area contributed by atoms with Crippen molar-refractivity contribution in [1.82, 2.24) is 31.3 Å². The van der Waals surface area contributed by atoms with Gasteiger partial charge in [-0.25, -0.2) is 23.2 Å². The van der Waals surface area contributed by atoms with Crippen molar-refractivity contribution in [1.29, 1.82) is 0 Å². The van der Waals surface area contributed by atoms with E-state index < -0.39 is 28.1 Å². The SMILES string of the molecule is CS(=O)(=O)CC1CCN(C2CCNCC2NC(=O)C2C(N)NN3CC(F)CNC23)CC1. The van der Waals surface area contributed by atoms with Crippen LogP contribution < -0.4 is 27.1 Å². The number of hydrogen-bond acceptors (Lipinski definition) is 9. The van der Waals surface area contributed by atoms with Gasteiger partial charge in [-0.2, -0.15) is 0 Å². The van der Waals surface area contributed by atoms with Gasteiger partial charge in [0, 0.05) is 31.9 Å². The van der Waals surface area contributed by atoms with Crippen LogP contribution in [0.25, 0.3) is 0 Å². The zero-order chi connectivity index (χ0) is 22.2. The van der Waals surface area contributed by atoms with Crippen LogP contribution in [0.5, 0.6) is 0 Å². The van der Waals surface area contributed by atoms with E-state index in [0.717, 1.165) is 38.9 Å². The maximum atomic E-state index is 13.7. The summed E-state index contributed by atoms with van der Waals surface area (Å²) in [5.41, 5.74) is 9.21. The third-order valence-corrected chi connectivity index (χ3v) is 8.13. The van der Waals surface area contributed by atoms with Crippen LogP contribution in [0.4, 0.5) is 4.39 Å². The summed E-state index contributed by atoms with van der Waals surface area (Å²) >= 11 is 0. The van der Waals surface area contributed by atoms with E-state index in [4.69, 9.17) is 5.73 Å². The van der Waals surface area contributed by atoms with E-state index in [1.807, 2.05) is 0 Å². The molecule has 4 aliphatic heterocycles. The average Bonchev–Trinajstić information content (AvgIpc) is 3.02. The van der Waals surface area contributed by atoms with Crippen molar-refractivity contribution in [2.24, 2.45) is 17.6 Å². The molecule has 6 N–H and O–H groups in total. The summed E-state index contributed by atoms with van der Waals surface area (Å²) in [7, 11) is -2.96. The Morgan fingerprint density at radius 3 is 2.68 bits per heavy atom. The fourth-order valence-corrected chi connectivity index (χ4v) is 6.76. The van der Waals surface area contributed by atoms with Crippen LogP contribution in [0.1, 0.15) is 19.3 Å². The molecular formula is C19H36FN7O3S. The van der Waals surface area contributed by atoms with E-state index >= 15 is 0 Å². The maximum Gasteiger partial charge on any atom is 0.229 e. The maximum absolute atomic E-state index is 13.7. The molecular weight excluding hydrogens is 425 g/mol. The lowest BCUT2D eigenvalue weighted by molar-refractivity contribution is -0.128. The fraction of sp³-hybridized carbons (Fsp3) is 0.947. The molecule has 4 aliphatic rings. The Morgan fingerprint density at radius 1 is 1.23 bits per heavy atom. The highest BCUT2D eigenvalue weighted by molar-refractivity contribution is 7.90. The second-order valence-corrected chi connectivity index (χ2v) is 11.7. The number of hydrogen-bond donors (Lipinski definition) is 5. The van der Waals surface area contributed by atoms with Gasteiger partial charge < -0.3 is 16.4 Å². The van der Waals surface area contributed by atoms with Gasteiger partial charge in [0.1, 0.15) is 16.0 Å². The van der Waals surface area contributed by atoms with Crippen molar-refractivity contribution in [3.8, 4) is 0 Å². The Kier molecular flexibility index (Phi) is 7.16. The van der Waals surface area contributed by atoms with E-state index in [1.165, 1.54) is 6.26 Å². The summed E-state index contributed by atoms with van der Waals surface area (Å²) < 4.78 is 36.9. The second kappa shape index (κ2) is 9.54. The molecule has 0 aromatic heterocycles. The Morgan fingerprint density at radius 2 is 1.97 bits per heavy atom. The zero-order valence-electron chi connectivity index (χ0n) is 18.1. The molecule has 0 spiro atoms. The number of alkyl halides is 1. The number of hydrazine groups is 1. The predicted octanol–water partition coefficient (Wildman–Crippen LogP) is -2.42. The molecule has 31 heavy (non-hydrogen) atoms. The first-order valence-electron chi connectivity index (χ1n) is 11.3. The molecule has 4 fully saturated rings. The van der Waals surface area contributed by atoms with E-state index in [1.54, 1.807) is 5.01 Å². The number of sulfone groups is 1. The minimum Gasteiger partial charge on any atom is -0.350 e. The lowest BCUT2D eigenvalue weighted by Gasteiger charge is -2.44. The van der Waals surface area contributed by atoms with E-state index in [0.29, 0.717) is 6.54 Å². The molecule has 0 bridgehead atoms. The van der Waals surface area contributed by atoms with Crippen molar-refractivity contribution >= 4 is 15.7 Å². The summed E-state index contributed by atoms with van der Waals surface area (Å²) in [6.07, 6.45) is 2.08. The van der Waals surface area contributed by atoms with Gasteiger partial charge in [0.25, 0.3) is 0 Å². The smallest absolute Gasteiger partial charge is 0.229 e. The van der Waals surface area contributed by atoms with Crippen LogP contribution in [-0.4, -0.2) is 106 Å². The number of piperidine rings is 2. The number of carbonyl (C=O) groups is 1. The first kappa shape index (κ1) is 23.3. The number of nitrogens with two attached hydrogens (primary N) is 1.